The number of hydrogen-bond donors (Lipinski definition) is 1. The number of nitrogens with two attached hydrogens (primary N) is 1. The Balaban J connectivity index is 1.84. The first-order valence-electron chi connectivity index (χ1n) is 6.26. The van der Waals surface area contributed by atoms with Crippen molar-refractivity contribution in [3.05, 3.63) is 24.3 Å². The molecule has 1 fully saturated rings. The van der Waals surface area contributed by atoms with Gasteiger partial charge in [0.1, 0.15) is 5.75 Å². The van der Waals surface area contributed by atoms with E-state index in [9.17, 15) is 0 Å². The molecule has 2 rings (SSSR count). The summed E-state index contributed by atoms with van der Waals surface area (Å²) in [5.41, 5.74) is 1.26. The Labute approximate surface area is 108 Å². The molecule has 1 aromatic carbocycles. The van der Waals surface area contributed by atoms with E-state index < -0.39 is 0 Å². The van der Waals surface area contributed by atoms with Crippen LogP contribution in [0.15, 0.2) is 24.3 Å². The average molecular weight is 251 g/mol. The number of nitrogens with zero attached hydrogens (tertiary/aromatic N) is 2. The van der Waals surface area contributed by atoms with Crippen molar-refractivity contribution in [2.75, 3.05) is 51.3 Å². The molecule has 0 aliphatic carbocycles. The first kappa shape index (κ1) is 13.1. The van der Waals surface area contributed by atoms with E-state index in [2.05, 4.69) is 26.8 Å². The van der Waals surface area contributed by atoms with Gasteiger partial charge in [-0.1, -0.05) is 0 Å². The van der Waals surface area contributed by atoms with E-state index in [1.54, 1.807) is 7.11 Å². The number of methoxy groups -OCH3 is 1. The lowest BCUT2D eigenvalue weighted by Crippen LogP contribution is -2.47. The van der Waals surface area contributed by atoms with Gasteiger partial charge in [-0.05, 0) is 24.3 Å². The van der Waals surface area contributed by atoms with Crippen molar-refractivity contribution in [1.82, 2.24) is 4.90 Å². The Kier molecular flexibility index (Phi) is 4.81. The molecule has 0 spiro atoms. The molecule has 5 nitrogen and oxygen atoms in total. The summed E-state index contributed by atoms with van der Waals surface area (Å²) in [6.45, 7) is 5.69. The summed E-state index contributed by atoms with van der Waals surface area (Å²) < 4.78 is 5.17. The number of anilines is 1. The van der Waals surface area contributed by atoms with E-state index in [1.807, 2.05) is 12.1 Å². The normalized spacial score (nSPS) is 16.9. The van der Waals surface area contributed by atoms with Crippen molar-refractivity contribution in [2.45, 2.75) is 0 Å². The maximum absolute atomic E-state index is 5.17. The monoisotopic (exact) mass is 251 g/mol. The fraction of sp³-hybridized carbons (Fsp3) is 0.538. The van der Waals surface area contributed by atoms with Gasteiger partial charge in [-0.2, -0.15) is 0 Å². The highest BCUT2D eigenvalue weighted by atomic mass is 16.6. The minimum atomic E-state index is 0.600. The number of piperazine rings is 1. The van der Waals surface area contributed by atoms with Crippen molar-refractivity contribution < 1.29 is 9.57 Å². The Bertz CT molecular complexity index is 348. The summed E-state index contributed by atoms with van der Waals surface area (Å²) in [5.74, 6) is 5.94. The first-order valence-corrected chi connectivity index (χ1v) is 6.26. The Hall–Kier alpha value is -1.30. The average Bonchev–Trinajstić information content (AvgIpc) is 2.46. The molecule has 1 heterocycles. The lowest BCUT2D eigenvalue weighted by atomic mass is 10.2. The maximum atomic E-state index is 5.17. The topological polar surface area (TPSA) is 51.0 Å². The number of rotatable bonds is 5. The Morgan fingerprint density at radius 1 is 1.11 bits per heavy atom. The minimum absolute atomic E-state index is 0.600. The summed E-state index contributed by atoms with van der Waals surface area (Å²) >= 11 is 0. The van der Waals surface area contributed by atoms with E-state index in [0.717, 1.165) is 38.5 Å². The summed E-state index contributed by atoms with van der Waals surface area (Å²) in [6, 6.07) is 8.23. The smallest absolute Gasteiger partial charge is 0.119 e. The zero-order valence-electron chi connectivity index (χ0n) is 10.8. The number of hydrogen-bond acceptors (Lipinski definition) is 5. The molecule has 5 heteroatoms. The molecule has 2 N–H and O–H groups in total. The third-order valence-electron chi connectivity index (χ3n) is 3.34. The molecule has 0 aromatic heterocycles. The third kappa shape index (κ3) is 3.35. The van der Waals surface area contributed by atoms with Crippen LogP contribution in [0.5, 0.6) is 5.75 Å². The van der Waals surface area contributed by atoms with Crippen molar-refractivity contribution in [3.8, 4) is 5.75 Å². The van der Waals surface area contributed by atoms with E-state index in [-0.39, 0.29) is 0 Å². The van der Waals surface area contributed by atoms with Crippen molar-refractivity contribution >= 4 is 5.69 Å². The van der Waals surface area contributed by atoms with Crippen LogP contribution in [-0.4, -0.2) is 51.3 Å². The Morgan fingerprint density at radius 3 is 2.33 bits per heavy atom. The van der Waals surface area contributed by atoms with E-state index in [0.29, 0.717) is 6.61 Å². The summed E-state index contributed by atoms with van der Waals surface area (Å²) in [5, 5.41) is 0. The lowest BCUT2D eigenvalue weighted by Gasteiger charge is -2.35. The standard InChI is InChI=1S/C13H21N3O2/c1-17-13-4-2-12(3-5-13)16-8-6-15(7-9-16)10-11-18-14/h2-5H,6-11,14H2,1H3. The van der Waals surface area contributed by atoms with Crippen LogP contribution in [0, 0.1) is 0 Å². The number of benzene rings is 1. The van der Waals surface area contributed by atoms with Crippen LogP contribution in [0.3, 0.4) is 0 Å². The second-order valence-electron chi connectivity index (χ2n) is 4.40. The summed E-state index contributed by atoms with van der Waals surface area (Å²) in [4.78, 5) is 9.37. The largest absolute Gasteiger partial charge is 0.497 e. The molecule has 0 bridgehead atoms. The highest BCUT2D eigenvalue weighted by Crippen LogP contribution is 2.20. The van der Waals surface area contributed by atoms with Gasteiger partial charge < -0.3 is 14.5 Å². The highest BCUT2D eigenvalue weighted by Gasteiger charge is 2.16. The van der Waals surface area contributed by atoms with Gasteiger partial charge in [-0.3, -0.25) is 4.90 Å². The SMILES string of the molecule is COc1ccc(N2CCN(CCON)CC2)cc1. The lowest BCUT2D eigenvalue weighted by molar-refractivity contribution is 0.103. The molecule has 0 saturated carbocycles. The first-order chi connectivity index (χ1) is 8.83. The van der Waals surface area contributed by atoms with Crippen molar-refractivity contribution in [1.29, 1.82) is 0 Å². The quantitative estimate of drug-likeness (QED) is 0.781. The third-order valence-corrected chi connectivity index (χ3v) is 3.34. The molecule has 1 saturated heterocycles. The van der Waals surface area contributed by atoms with Crippen LogP contribution < -0.4 is 15.5 Å². The van der Waals surface area contributed by atoms with Gasteiger partial charge in [0.15, 0.2) is 0 Å². The molecule has 0 atom stereocenters. The van der Waals surface area contributed by atoms with Crippen LogP contribution in [-0.2, 0) is 4.84 Å². The van der Waals surface area contributed by atoms with Crippen LogP contribution in [0.1, 0.15) is 0 Å². The van der Waals surface area contributed by atoms with Crippen LogP contribution in [0.25, 0.3) is 0 Å². The highest BCUT2D eigenvalue weighted by molar-refractivity contribution is 5.49. The van der Waals surface area contributed by atoms with Crippen LogP contribution in [0.2, 0.25) is 0 Å². The second kappa shape index (κ2) is 6.58. The summed E-state index contributed by atoms with van der Waals surface area (Å²) in [6.07, 6.45) is 0. The zero-order chi connectivity index (χ0) is 12.8. The predicted octanol–water partition coefficient (Wildman–Crippen LogP) is 0.708. The fourth-order valence-corrected chi connectivity index (χ4v) is 2.20. The van der Waals surface area contributed by atoms with Crippen molar-refractivity contribution in [2.24, 2.45) is 5.90 Å². The van der Waals surface area contributed by atoms with Gasteiger partial charge in [0.05, 0.1) is 13.7 Å². The molecular weight excluding hydrogens is 230 g/mol. The number of ether oxygens (including phenoxy) is 1. The second-order valence-corrected chi connectivity index (χ2v) is 4.40. The van der Waals surface area contributed by atoms with Gasteiger partial charge in [-0.15, -0.1) is 0 Å². The van der Waals surface area contributed by atoms with E-state index in [1.165, 1.54) is 5.69 Å². The predicted molar refractivity (Wildman–Crippen MR) is 71.8 cm³/mol. The fourth-order valence-electron chi connectivity index (χ4n) is 2.20. The molecule has 0 radical (unpaired) electrons. The van der Waals surface area contributed by atoms with E-state index in [4.69, 9.17) is 10.6 Å². The van der Waals surface area contributed by atoms with Gasteiger partial charge in [-0.25, -0.2) is 5.90 Å². The Morgan fingerprint density at radius 2 is 1.78 bits per heavy atom. The minimum Gasteiger partial charge on any atom is -0.497 e. The van der Waals surface area contributed by atoms with Crippen LogP contribution in [0.4, 0.5) is 5.69 Å². The molecule has 1 aliphatic rings. The maximum Gasteiger partial charge on any atom is 0.119 e. The van der Waals surface area contributed by atoms with Gasteiger partial charge in [0.2, 0.25) is 0 Å². The zero-order valence-corrected chi connectivity index (χ0v) is 10.8. The molecule has 18 heavy (non-hydrogen) atoms. The molecule has 100 valence electrons. The molecule has 0 unspecified atom stereocenters. The van der Waals surface area contributed by atoms with Crippen molar-refractivity contribution in [3.63, 3.8) is 0 Å². The van der Waals surface area contributed by atoms with Gasteiger partial charge in [0.25, 0.3) is 0 Å². The van der Waals surface area contributed by atoms with Gasteiger partial charge in [0, 0.05) is 38.4 Å². The molecular formula is C13H21N3O2. The van der Waals surface area contributed by atoms with Gasteiger partial charge >= 0.3 is 0 Å². The summed E-state index contributed by atoms with van der Waals surface area (Å²) in [7, 11) is 1.69. The molecule has 0 amide bonds. The molecule has 1 aliphatic heterocycles. The van der Waals surface area contributed by atoms with E-state index >= 15 is 0 Å². The molecule has 1 aromatic rings. The van der Waals surface area contributed by atoms with Crippen LogP contribution >= 0.6 is 0 Å².